The molecule has 4 rings (SSSR count). The topological polar surface area (TPSA) is 87.7 Å². The minimum atomic E-state index is -0.746. The number of halogens is 1. The van der Waals surface area contributed by atoms with Gasteiger partial charge in [-0.25, -0.2) is 9.37 Å². The number of hydrogen-bond donors (Lipinski definition) is 2. The number of aromatic amines is 1. The third-order valence-corrected chi connectivity index (χ3v) is 6.56. The van der Waals surface area contributed by atoms with E-state index >= 15 is 0 Å². The minimum Gasteiger partial charge on any atom is -0.497 e. The normalized spacial score (nSPS) is 12.4. The average molecular weight is 498 g/mol. The van der Waals surface area contributed by atoms with Crippen LogP contribution in [0.4, 0.5) is 4.39 Å². The highest BCUT2D eigenvalue weighted by atomic mass is 32.1. The Bertz CT molecular complexity index is 1340. The molecule has 0 fully saturated rings. The third kappa shape index (κ3) is 5.87. The molecule has 0 saturated heterocycles. The van der Waals surface area contributed by atoms with E-state index in [0.29, 0.717) is 46.0 Å². The third-order valence-electron chi connectivity index (χ3n) is 5.69. The molecule has 7 nitrogen and oxygen atoms in total. The molecule has 9 heteroatoms. The molecule has 0 aliphatic rings. The molecule has 2 heterocycles. The number of fused-ring (bicyclic) bond motifs is 1. The van der Waals surface area contributed by atoms with E-state index in [-0.39, 0.29) is 24.0 Å². The molecule has 4 aromatic rings. The van der Waals surface area contributed by atoms with Gasteiger partial charge in [-0.3, -0.25) is 9.69 Å². The molecule has 1 atom stereocenters. The number of H-pyrrole nitrogens is 1. The van der Waals surface area contributed by atoms with E-state index in [1.165, 1.54) is 17.4 Å². The van der Waals surface area contributed by atoms with Crippen molar-refractivity contribution in [3.63, 3.8) is 0 Å². The molecule has 1 unspecified atom stereocenters. The Labute approximate surface area is 206 Å². The number of nitrogens with zero attached hydrogens (tertiary/aromatic N) is 2. The standard InChI is InChI=1S/C26H28FN3O4S/c1-16(2)30(12-17(31)14-34-19-10-8-18(33-3)9-11-19)13-23-28-25(32)24-21(15-35-26(24)29-23)20-6-4-5-7-22(20)27/h4-11,15-17,31H,12-14H2,1-3H3,(H,28,29,32). The maximum absolute atomic E-state index is 14.3. The largest absolute Gasteiger partial charge is 0.497 e. The summed E-state index contributed by atoms with van der Waals surface area (Å²) in [5.74, 6) is 1.48. The van der Waals surface area contributed by atoms with E-state index in [9.17, 15) is 14.3 Å². The second-order valence-corrected chi connectivity index (χ2v) is 9.34. The molecule has 0 aliphatic carbocycles. The van der Waals surface area contributed by atoms with Crippen molar-refractivity contribution in [2.24, 2.45) is 0 Å². The number of rotatable bonds is 10. The molecule has 0 radical (unpaired) electrons. The second kappa shape index (κ2) is 11.0. The summed E-state index contributed by atoms with van der Waals surface area (Å²) in [5, 5.41) is 12.7. The molecule has 0 spiro atoms. The highest BCUT2D eigenvalue weighted by molar-refractivity contribution is 7.17. The van der Waals surface area contributed by atoms with Gasteiger partial charge in [0.05, 0.1) is 19.0 Å². The zero-order valence-corrected chi connectivity index (χ0v) is 20.6. The quantitative estimate of drug-likeness (QED) is 0.337. The fourth-order valence-electron chi connectivity index (χ4n) is 3.78. The number of aliphatic hydroxyl groups is 1. The van der Waals surface area contributed by atoms with E-state index in [0.717, 1.165) is 5.75 Å². The number of ether oxygens (including phenoxy) is 2. The lowest BCUT2D eigenvalue weighted by Crippen LogP contribution is -2.40. The van der Waals surface area contributed by atoms with Crippen LogP contribution >= 0.6 is 11.3 Å². The summed E-state index contributed by atoms with van der Waals surface area (Å²) >= 11 is 1.31. The van der Waals surface area contributed by atoms with Gasteiger partial charge in [0, 0.05) is 29.1 Å². The summed E-state index contributed by atoms with van der Waals surface area (Å²) in [6.45, 7) is 4.82. The average Bonchev–Trinajstić information content (AvgIpc) is 3.27. The van der Waals surface area contributed by atoms with Gasteiger partial charge < -0.3 is 19.6 Å². The van der Waals surface area contributed by atoms with Gasteiger partial charge in [-0.05, 0) is 44.2 Å². The van der Waals surface area contributed by atoms with Crippen LogP contribution in [0.5, 0.6) is 11.5 Å². The van der Waals surface area contributed by atoms with E-state index in [1.54, 1.807) is 55.0 Å². The molecule has 0 amide bonds. The summed E-state index contributed by atoms with van der Waals surface area (Å²) in [4.78, 5) is 23.0. The minimum absolute atomic E-state index is 0.0870. The molecule has 0 bridgehead atoms. The van der Waals surface area contributed by atoms with Gasteiger partial charge in [0.25, 0.3) is 5.56 Å². The van der Waals surface area contributed by atoms with Crippen LogP contribution in [0.15, 0.2) is 58.7 Å². The monoisotopic (exact) mass is 497 g/mol. The number of aromatic nitrogens is 2. The lowest BCUT2D eigenvalue weighted by molar-refractivity contribution is 0.0533. The second-order valence-electron chi connectivity index (χ2n) is 8.49. The zero-order valence-electron chi connectivity index (χ0n) is 19.8. The van der Waals surface area contributed by atoms with Crippen LogP contribution in [0, 0.1) is 5.82 Å². The Balaban J connectivity index is 1.46. The zero-order chi connectivity index (χ0) is 24.9. The number of methoxy groups -OCH3 is 1. The van der Waals surface area contributed by atoms with Gasteiger partial charge in [-0.2, -0.15) is 0 Å². The summed E-state index contributed by atoms with van der Waals surface area (Å²) in [5.41, 5.74) is 0.606. The van der Waals surface area contributed by atoms with Crippen molar-refractivity contribution in [3.8, 4) is 22.6 Å². The molecule has 0 saturated carbocycles. The van der Waals surface area contributed by atoms with E-state index < -0.39 is 6.10 Å². The smallest absolute Gasteiger partial charge is 0.260 e. The molecule has 2 aromatic carbocycles. The molecule has 2 N–H and O–H groups in total. The van der Waals surface area contributed by atoms with Crippen molar-refractivity contribution in [3.05, 3.63) is 75.9 Å². The van der Waals surface area contributed by atoms with Gasteiger partial charge in [-0.1, -0.05) is 18.2 Å². The number of thiophene rings is 1. The molecule has 35 heavy (non-hydrogen) atoms. The van der Waals surface area contributed by atoms with Crippen molar-refractivity contribution in [1.82, 2.24) is 14.9 Å². The highest BCUT2D eigenvalue weighted by Gasteiger charge is 2.20. The van der Waals surface area contributed by atoms with Crippen LogP contribution in [-0.2, 0) is 6.54 Å². The maximum atomic E-state index is 14.3. The predicted octanol–water partition coefficient (Wildman–Crippen LogP) is 4.45. The summed E-state index contributed by atoms with van der Waals surface area (Å²) in [7, 11) is 1.60. The van der Waals surface area contributed by atoms with E-state index in [2.05, 4.69) is 9.97 Å². The summed E-state index contributed by atoms with van der Waals surface area (Å²) < 4.78 is 25.1. The lowest BCUT2D eigenvalue weighted by Gasteiger charge is -2.28. The van der Waals surface area contributed by atoms with Crippen LogP contribution in [0.2, 0.25) is 0 Å². The molecule has 184 valence electrons. The summed E-state index contributed by atoms with van der Waals surface area (Å²) in [6.07, 6.45) is -0.746. The van der Waals surface area contributed by atoms with Crippen molar-refractivity contribution in [1.29, 1.82) is 0 Å². The molecule has 2 aromatic heterocycles. The molecular formula is C26H28FN3O4S. The van der Waals surface area contributed by atoms with Gasteiger partial charge in [0.15, 0.2) is 0 Å². The molecule has 0 aliphatic heterocycles. The fourth-order valence-corrected chi connectivity index (χ4v) is 4.74. The molecular weight excluding hydrogens is 469 g/mol. The number of benzene rings is 2. The van der Waals surface area contributed by atoms with Crippen molar-refractivity contribution < 1.29 is 19.0 Å². The van der Waals surface area contributed by atoms with Crippen molar-refractivity contribution in [2.75, 3.05) is 20.3 Å². The first-order chi connectivity index (χ1) is 16.9. The Morgan fingerprint density at radius 1 is 1.11 bits per heavy atom. The van der Waals surface area contributed by atoms with Gasteiger partial charge in [0.2, 0.25) is 0 Å². The first-order valence-corrected chi connectivity index (χ1v) is 12.2. The number of nitrogens with one attached hydrogen (secondary N) is 1. The van der Waals surface area contributed by atoms with Crippen LogP contribution in [0.1, 0.15) is 19.7 Å². The van der Waals surface area contributed by atoms with E-state index in [4.69, 9.17) is 9.47 Å². The Morgan fingerprint density at radius 3 is 2.51 bits per heavy atom. The Kier molecular flexibility index (Phi) is 7.80. The number of hydrogen-bond acceptors (Lipinski definition) is 7. The first kappa shape index (κ1) is 24.8. The van der Waals surface area contributed by atoms with E-state index in [1.807, 2.05) is 18.7 Å². The van der Waals surface area contributed by atoms with Gasteiger partial charge >= 0.3 is 0 Å². The Morgan fingerprint density at radius 2 is 1.83 bits per heavy atom. The van der Waals surface area contributed by atoms with Gasteiger partial charge in [-0.15, -0.1) is 11.3 Å². The van der Waals surface area contributed by atoms with Crippen LogP contribution < -0.4 is 15.0 Å². The van der Waals surface area contributed by atoms with Crippen LogP contribution in [0.25, 0.3) is 21.3 Å². The fraction of sp³-hybridized carbons (Fsp3) is 0.308. The van der Waals surface area contributed by atoms with Crippen LogP contribution in [0.3, 0.4) is 0 Å². The van der Waals surface area contributed by atoms with Crippen LogP contribution in [-0.4, -0.2) is 52.4 Å². The van der Waals surface area contributed by atoms with Crippen molar-refractivity contribution in [2.45, 2.75) is 32.5 Å². The maximum Gasteiger partial charge on any atom is 0.260 e. The highest BCUT2D eigenvalue weighted by Crippen LogP contribution is 2.32. The van der Waals surface area contributed by atoms with Gasteiger partial charge in [0.1, 0.15) is 40.7 Å². The first-order valence-electron chi connectivity index (χ1n) is 11.3. The summed E-state index contributed by atoms with van der Waals surface area (Å²) in [6, 6.07) is 13.6. The van der Waals surface area contributed by atoms with Crippen molar-refractivity contribution >= 4 is 21.6 Å². The predicted molar refractivity (Wildman–Crippen MR) is 136 cm³/mol. The number of aliphatic hydroxyl groups excluding tert-OH is 1. The SMILES string of the molecule is COc1ccc(OCC(O)CN(Cc2nc3scc(-c4ccccc4F)c3c(=O)[nH]2)C(C)C)cc1. The lowest BCUT2D eigenvalue weighted by atomic mass is 10.1. The Hall–Kier alpha value is -3.27.